The highest BCUT2D eigenvalue weighted by atomic mass is 16.6. The molecule has 3 atom stereocenters. The van der Waals surface area contributed by atoms with Gasteiger partial charge in [-0.05, 0) is 143 Å². The summed E-state index contributed by atoms with van der Waals surface area (Å²) >= 11 is 0. The Hall–Kier alpha value is -6.41. The lowest BCUT2D eigenvalue weighted by Gasteiger charge is -2.55. The molecule has 1 aliphatic heterocycles. The summed E-state index contributed by atoms with van der Waals surface area (Å²) in [5.74, 6) is -5.73. The molecule has 1 fully saturated rings. The summed E-state index contributed by atoms with van der Waals surface area (Å²) in [6, 6.07) is 11.3. The second kappa shape index (κ2) is 22.4. The van der Waals surface area contributed by atoms with Gasteiger partial charge in [-0.15, -0.1) is 10.3 Å². The minimum Gasteiger partial charge on any atom is -0.458 e. The molecule has 2 aromatic rings. The van der Waals surface area contributed by atoms with Crippen LogP contribution in [0, 0.1) is 0 Å². The lowest BCUT2D eigenvalue weighted by atomic mass is 9.69. The lowest BCUT2D eigenvalue weighted by molar-refractivity contribution is -0.295. The van der Waals surface area contributed by atoms with Crippen LogP contribution in [0.1, 0.15) is 159 Å². The number of hydrogen-bond donors (Lipinski definition) is 7. The number of esters is 1. The van der Waals surface area contributed by atoms with Crippen molar-refractivity contribution in [3.63, 3.8) is 0 Å². The Morgan fingerprint density at radius 1 is 0.562 bits per heavy atom. The molecule has 0 unspecified atom stereocenters. The van der Waals surface area contributed by atoms with Crippen molar-refractivity contribution in [2.45, 2.75) is 206 Å². The number of hydroxylamine groups is 2. The number of ether oxygens (including phenoxy) is 2. The predicted octanol–water partition coefficient (Wildman–Crippen LogP) is 4.24. The Morgan fingerprint density at radius 3 is 1.49 bits per heavy atom. The maximum absolute atomic E-state index is 14.6. The van der Waals surface area contributed by atoms with Gasteiger partial charge in [-0.2, -0.15) is 0 Å². The minimum absolute atomic E-state index is 0.130. The molecule has 0 aromatic heterocycles. The number of carbonyl (C=O) groups is 9. The Bertz CT molecular complexity index is 2380. The number of alkyl carbamates (subject to hydrolysis) is 1. The largest absolute Gasteiger partial charge is 0.458 e. The van der Waals surface area contributed by atoms with Gasteiger partial charge in [0.15, 0.2) is 5.78 Å². The number of hydrogen-bond acceptors (Lipinski definition) is 12. The van der Waals surface area contributed by atoms with Crippen molar-refractivity contribution < 1.29 is 57.8 Å². The van der Waals surface area contributed by atoms with Crippen LogP contribution in [0.25, 0.3) is 0 Å². The van der Waals surface area contributed by atoms with Gasteiger partial charge in [0.25, 0.3) is 0 Å². The maximum Gasteiger partial charge on any atom is 0.408 e. The second-order valence-corrected chi connectivity index (χ2v) is 23.8. The van der Waals surface area contributed by atoms with E-state index < -0.39 is 110 Å². The number of rotatable bonds is 18. The molecule has 0 bridgehead atoms. The highest BCUT2D eigenvalue weighted by molar-refractivity contribution is 6.09. The Kier molecular flexibility index (Phi) is 18.7. The summed E-state index contributed by atoms with van der Waals surface area (Å²) in [6.45, 7) is 27.7. The summed E-state index contributed by atoms with van der Waals surface area (Å²) in [7, 11) is 0. The minimum atomic E-state index is -1.83. The first kappa shape index (κ1) is 60.9. The molecule has 7 N–H and O–H groups in total. The topological polar surface area (TPSA) is 279 Å². The maximum atomic E-state index is 14.6. The van der Waals surface area contributed by atoms with Crippen LogP contribution < -0.4 is 37.2 Å². The zero-order valence-electron chi connectivity index (χ0n) is 45.9. The van der Waals surface area contributed by atoms with Crippen LogP contribution in [-0.2, 0) is 54.7 Å². The van der Waals surface area contributed by atoms with Gasteiger partial charge in [0.05, 0.1) is 0 Å². The SMILES string of the molecule is C[C@H](NC(=O)C(C)(C)NC(=O)[C@H](Cc1ccc(C(=O)c2ccccc2)cc1)NC(=O)C(C)(C)NC(=O)OC(C)(C)C)C(=O)NC1(C(=O)NC(C)(C)C(=O)N[C@@H](C)C(=O)OC(C)(C)C)CC(C)(C)N([O])C(C)(C)C1. The summed E-state index contributed by atoms with van der Waals surface area (Å²) in [6.07, 6.45) is -1.45. The Balaban J connectivity index is 1.89. The third-order valence-electron chi connectivity index (χ3n) is 11.9. The van der Waals surface area contributed by atoms with Crippen LogP contribution in [0.5, 0.6) is 0 Å². The number of ketones is 1. The van der Waals surface area contributed by atoms with Crippen LogP contribution in [0.4, 0.5) is 4.79 Å². The fourth-order valence-electron chi connectivity index (χ4n) is 8.28. The first-order chi connectivity index (χ1) is 33.0. The molecule has 0 spiro atoms. The first-order valence-electron chi connectivity index (χ1n) is 24.3. The van der Waals surface area contributed by atoms with Gasteiger partial charge in [0.2, 0.25) is 35.4 Å². The molecular formula is C53H79N8O12. The van der Waals surface area contributed by atoms with Crippen LogP contribution in [0.2, 0.25) is 0 Å². The van der Waals surface area contributed by atoms with Gasteiger partial charge in [-0.1, -0.05) is 54.6 Å². The molecule has 403 valence electrons. The van der Waals surface area contributed by atoms with Crippen molar-refractivity contribution in [2.75, 3.05) is 0 Å². The monoisotopic (exact) mass is 1020 g/mol. The fraction of sp³-hybridized carbons (Fsp3) is 0.604. The third-order valence-corrected chi connectivity index (χ3v) is 11.9. The summed E-state index contributed by atoms with van der Waals surface area (Å²) in [5.41, 5.74) is -9.65. The quantitative estimate of drug-likeness (QED) is 0.0816. The van der Waals surface area contributed by atoms with Gasteiger partial charge in [-0.3, -0.25) is 33.6 Å². The van der Waals surface area contributed by atoms with Gasteiger partial charge in [0.1, 0.15) is 51.5 Å². The van der Waals surface area contributed by atoms with Crippen molar-refractivity contribution in [3.05, 3.63) is 71.3 Å². The van der Waals surface area contributed by atoms with Crippen LogP contribution >= 0.6 is 0 Å². The molecule has 2 aromatic carbocycles. The third kappa shape index (κ3) is 16.8. The molecule has 7 amide bonds. The van der Waals surface area contributed by atoms with Crippen molar-refractivity contribution in [3.8, 4) is 0 Å². The fourth-order valence-corrected chi connectivity index (χ4v) is 8.28. The number of amides is 7. The van der Waals surface area contributed by atoms with Crippen LogP contribution in [0.15, 0.2) is 54.6 Å². The summed E-state index contributed by atoms with van der Waals surface area (Å²) < 4.78 is 10.7. The highest BCUT2D eigenvalue weighted by Crippen LogP contribution is 2.43. The van der Waals surface area contributed by atoms with Crippen molar-refractivity contribution >= 4 is 53.3 Å². The predicted molar refractivity (Wildman–Crippen MR) is 272 cm³/mol. The smallest absolute Gasteiger partial charge is 0.408 e. The molecule has 1 radical (unpaired) electrons. The van der Waals surface area contributed by atoms with Crippen molar-refractivity contribution in [1.82, 2.24) is 42.3 Å². The number of nitrogens with zero attached hydrogens (tertiary/aromatic N) is 1. The first-order valence-corrected chi connectivity index (χ1v) is 24.3. The van der Waals surface area contributed by atoms with E-state index >= 15 is 0 Å². The highest BCUT2D eigenvalue weighted by Gasteiger charge is 2.58. The average molecular weight is 1020 g/mol. The molecular weight excluding hydrogens is 941 g/mol. The van der Waals surface area contributed by atoms with Gasteiger partial charge < -0.3 is 46.7 Å². The van der Waals surface area contributed by atoms with E-state index in [0.717, 1.165) is 5.06 Å². The van der Waals surface area contributed by atoms with Crippen LogP contribution in [0.3, 0.4) is 0 Å². The average Bonchev–Trinajstić information content (AvgIpc) is 3.23. The second-order valence-electron chi connectivity index (χ2n) is 23.8. The number of benzene rings is 2. The molecule has 20 heteroatoms. The summed E-state index contributed by atoms with van der Waals surface area (Å²) in [4.78, 5) is 123. The number of nitrogens with one attached hydrogen (secondary N) is 7. The molecule has 0 aliphatic carbocycles. The van der Waals surface area contributed by atoms with Gasteiger partial charge in [-0.25, -0.2) is 9.59 Å². The van der Waals surface area contributed by atoms with Gasteiger partial charge in [0, 0.05) is 28.6 Å². The molecule has 3 rings (SSSR count). The van der Waals surface area contributed by atoms with E-state index in [4.69, 9.17) is 9.47 Å². The van der Waals surface area contributed by atoms with E-state index in [0.29, 0.717) is 16.7 Å². The molecule has 0 saturated carbocycles. The normalized spacial score (nSPS) is 17.0. The van der Waals surface area contributed by atoms with E-state index in [2.05, 4.69) is 37.2 Å². The molecule has 20 nitrogen and oxygen atoms in total. The summed E-state index contributed by atoms with van der Waals surface area (Å²) in [5, 5.41) is 33.0. The molecule has 1 aliphatic rings. The molecule has 73 heavy (non-hydrogen) atoms. The zero-order valence-corrected chi connectivity index (χ0v) is 45.9. The standard InChI is InChI=1S/C53H79N8O12/c1-31(38(63)58-53(29-48(9,10)61(71)49(11,12)30-53)44(69)59-51(15,16)42(67)55-32(2)40(65)72-46(3,4)5)54-41(66)50(13,14)57-39(64)36(56-43(68)52(17,18)60-45(70)73-47(6,7)8)28-33-24-26-35(27-25-33)37(62)34-22-20-19-21-23-34/h19-27,31-32,36H,28-30H2,1-18H3,(H,54,66)(H,55,67)(H,56,68)(H,57,64)(H,58,63)(H,59,69)(H,60,70)/t31-,32-,36-/m0/s1. The van der Waals surface area contributed by atoms with E-state index in [1.165, 1.54) is 55.4 Å². The van der Waals surface area contributed by atoms with Gasteiger partial charge >= 0.3 is 12.1 Å². The number of carbonyl (C=O) groups excluding carboxylic acids is 9. The van der Waals surface area contributed by atoms with E-state index in [-0.39, 0.29) is 25.0 Å². The number of piperidine rings is 1. The van der Waals surface area contributed by atoms with Crippen molar-refractivity contribution in [2.24, 2.45) is 0 Å². The van der Waals surface area contributed by atoms with Crippen LogP contribution in [-0.4, -0.2) is 121 Å². The van der Waals surface area contributed by atoms with Crippen molar-refractivity contribution in [1.29, 1.82) is 0 Å². The van der Waals surface area contributed by atoms with E-state index in [9.17, 15) is 48.4 Å². The molecule has 1 saturated heterocycles. The lowest BCUT2D eigenvalue weighted by Crippen LogP contribution is -2.75. The van der Waals surface area contributed by atoms with E-state index in [1.807, 2.05) is 0 Å². The Labute approximate surface area is 429 Å². The van der Waals surface area contributed by atoms with E-state index in [1.54, 1.807) is 124 Å². The molecule has 1 heterocycles. The zero-order chi connectivity index (χ0) is 56.1. The Morgan fingerprint density at radius 2 is 1.00 bits per heavy atom.